The summed E-state index contributed by atoms with van der Waals surface area (Å²) in [6.07, 6.45) is 2.96. The molecule has 1 aromatic carbocycles. The van der Waals surface area contributed by atoms with Gasteiger partial charge < -0.3 is 30.0 Å². The molecule has 0 saturated carbocycles. The number of aryl methyl sites for hydroxylation is 1. The van der Waals surface area contributed by atoms with Crippen molar-refractivity contribution in [2.24, 2.45) is 0 Å². The fraction of sp³-hybridized carbons (Fsp3) is 0.462. The summed E-state index contributed by atoms with van der Waals surface area (Å²) in [6, 6.07) is 7.68. The number of nitrogens with one attached hydrogen (secondary N) is 3. The monoisotopic (exact) mass is 468 g/mol. The Morgan fingerprint density at radius 2 is 1.85 bits per heavy atom. The predicted octanol–water partition coefficient (Wildman–Crippen LogP) is 2.77. The third-order valence-corrected chi connectivity index (χ3v) is 6.08. The number of H-pyrrole nitrogens is 1. The van der Waals surface area contributed by atoms with Gasteiger partial charge in [0.05, 0.1) is 32.0 Å². The number of para-hydroxylation sites is 1. The number of rotatable bonds is 13. The van der Waals surface area contributed by atoms with Gasteiger partial charge in [0.15, 0.2) is 0 Å². The number of benzene rings is 1. The van der Waals surface area contributed by atoms with Crippen LogP contribution in [-0.4, -0.2) is 75.3 Å². The van der Waals surface area contributed by atoms with E-state index in [0.717, 1.165) is 40.3 Å². The van der Waals surface area contributed by atoms with E-state index in [-0.39, 0.29) is 11.8 Å². The molecule has 2 heterocycles. The van der Waals surface area contributed by atoms with Crippen LogP contribution < -0.4 is 10.6 Å². The van der Waals surface area contributed by atoms with Gasteiger partial charge in [-0.25, -0.2) is 0 Å². The Labute approximate surface area is 201 Å². The van der Waals surface area contributed by atoms with Gasteiger partial charge in [0.25, 0.3) is 5.91 Å². The number of carbonyl (C=O) groups is 2. The van der Waals surface area contributed by atoms with E-state index in [9.17, 15) is 9.59 Å². The highest BCUT2D eigenvalue weighted by molar-refractivity contribution is 6.34. The molecule has 8 heteroatoms. The number of amides is 2. The molecule has 0 saturated heterocycles. The predicted molar refractivity (Wildman–Crippen MR) is 135 cm³/mol. The van der Waals surface area contributed by atoms with Crippen molar-refractivity contribution in [1.29, 1.82) is 0 Å². The molecule has 0 atom stereocenters. The first-order valence-corrected chi connectivity index (χ1v) is 11.8. The highest BCUT2D eigenvalue weighted by Crippen LogP contribution is 2.33. The number of likely N-dealkylation sites (N-methyl/N-ethyl adjacent to an activating group) is 2. The number of carbonyl (C=O) groups excluding carboxylic acids is 2. The number of hydrogen-bond acceptors (Lipinski definition) is 5. The summed E-state index contributed by atoms with van der Waals surface area (Å²) in [5.74, 6) is -0.0178. The van der Waals surface area contributed by atoms with E-state index >= 15 is 0 Å². The van der Waals surface area contributed by atoms with Gasteiger partial charge in [0.1, 0.15) is 0 Å². The quantitative estimate of drug-likeness (QED) is 0.310. The number of ether oxygens (including phenoxy) is 2. The average Bonchev–Trinajstić information content (AvgIpc) is 3.28. The molecule has 34 heavy (non-hydrogen) atoms. The zero-order valence-electron chi connectivity index (χ0n) is 20.6. The summed E-state index contributed by atoms with van der Waals surface area (Å²) < 4.78 is 11.0. The summed E-state index contributed by atoms with van der Waals surface area (Å²) in [5.41, 5.74) is 6.50. The van der Waals surface area contributed by atoms with Crippen molar-refractivity contribution in [2.75, 3.05) is 58.9 Å². The summed E-state index contributed by atoms with van der Waals surface area (Å²) in [5, 5.41) is 5.93. The minimum absolute atomic E-state index is 0.0814. The number of hydrogen-bond donors (Lipinski definition) is 3. The Bertz CT molecular complexity index is 1030. The fourth-order valence-electron chi connectivity index (χ4n) is 4.01. The second kappa shape index (κ2) is 12.5. The molecular weight excluding hydrogens is 432 g/mol. The smallest absolute Gasteiger partial charge is 0.256 e. The van der Waals surface area contributed by atoms with Gasteiger partial charge in [0, 0.05) is 49.2 Å². The first-order valence-electron chi connectivity index (χ1n) is 11.8. The Morgan fingerprint density at radius 1 is 1.12 bits per heavy atom. The summed E-state index contributed by atoms with van der Waals surface area (Å²) >= 11 is 0. The standard InChI is InChI=1S/C26H36N4O4/c1-18-20(9-10-25(31)30(4)12-14-34-16-15-33-13-11-27-3)19(2)28-24(18)17-22-21-7-5-6-8-23(21)29-26(22)32/h5-8,17,27-28H,9-16H2,1-4H3,(H,29,32)/b22-17-. The van der Waals surface area contributed by atoms with E-state index in [4.69, 9.17) is 9.47 Å². The van der Waals surface area contributed by atoms with Crippen LogP contribution in [0.5, 0.6) is 0 Å². The van der Waals surface area contributed by atoms with Crippen LogP contribution >= 0.6 is 0 Å². The van der Waals surface area contributed by atoms with Crippen LogP contribution in [0.25, 0.3) is 11.6 Å². The van der Waals surface area contributed by atoms with Crippen LogP contribution in [-0.2, 0) is 25.5 Å². The van der Waals surface area contributed by atoms with Crippen molar-refractivity contribution in [3.05, 3.63) is 52.3 Å². The van der Waals surface area contributed by atoms with Crippen molar-refractivity contribution in [2.45, 2.75) is 26.7 Å². The maximum atomic E-state index is 12.6. The molecule has 8 nitrogen and oxygen atoms in total. The van der Waals surface area contributed by atoms with Crippen molar-refractivity contribution in [3.8, 4) is 0 Å². The Kier molecular flexibility index (Phi) is 9.44. The fourth-order valence-corrected chi connectivity index (χ4v) is 4.01. The molecular formula is C26H36N4O4. The topological polar surface area (TPSA) is 95.7 Å². The Morgan fingerprint density at radius 3 is 2.62 bits per heavy atom. The first kappa shape index (κ1) is 25.7. The van der Waals surface area contributed by atoms with E-state index in [2.05, 4.69) is 15.6 Å². The molecule has 0 spiro atoms. The summed E-state index contributed by atoms with van der Waals surface area (Å²) in [4.78, 5) is 30.2. The van der Waals surface area contributed by atoms with Gasteiger partial charge >= 0.3 is 0 Å². The third-order valence-electron chi connectivity index (χ3n) is 6.08. The molecule has 1 aliphatic heterocycles. The molecule has 2 aromatic rings. The third kappa shape index (κ3) is 6.56. The Balaban J connectivity index is 1.50. The van der Waals surface area contributed by atoms with Gasteiger partial charge in [-0.2, -0.15) is 0 Å². The van der Waals surface area contributed by atoms with Crippen molar-refractivity contribution in [3.63, 3.8) is 0 Å². The minimum Gasteiger partial charge on any atom is -0.378 e. The van der Waals surface area contributed by atoms with Crippen LogP contribution in [0.2, 0.25) is 0 Å². The minimum atomic E-state index is -0.0991. The van der Waals surface area contributed by atoms with Crippen LogP contribution in [0.3, 0.4) is 0 Å². The van der Waals surface area contributed by atoms with Crippen molar-refractivity contribution in [1.82, 2.24) is 15.2 Å². The van der Waals surface area contributed by atoms with Crippen LogP contribution in [0.4, 0.5) is 5.69 Å². The average molecular weight is 469 g/mol. The zero-order chi connectivity index (χ0) is 24.5. The molecule has 3 N–H and O–H groups in total. The van der Waals surface area contributed by atoms with Crippen molar-refractivity contribution >= 4 is 29.2 Å². The number of aromatic nitrogens is 1. The summed E-state index contributed by atoms with van der Waals surface area (Å²) in [7, 11) is 3.69. The van der Waals surface area contributed by atoms with Gasteiger partial charge in [0.2, 0.25) is 5.91 Å². The van der Waals surface area contributed by atoms with E-state index in [1.807, 2.05) is 51.2 Å². The molecule has 0 aliphatic carbocycles. The molecule has 2 amide bonds. The zero-order valence-corrected chi connectivity index (χ0v) is 20.6. The molecule has 1 aliphatic rings. The maximum Gasteiger partial charge on any atom is 0.256 e. The molecule has 0 unspecified atom stereocenters. The largest absolute Gasteiger partial charge is 0.378 e. The number of anilines is 1. The van der Waals surface area contributed by atoms with Crippen LogP contribution in [0, 0.1) is 13.8 Å². The molecule has 1 aromatic heterocycles. The maximum absolute atomic E-state index is 12.6. The summed E-state index contributed by atoms with van der Waals surface area (Å²) in [6.45, 7) is 7.63. The van der Waals surface area contributed by atoms with E-state index in [0.29, 0.717) is 51.4 Å². The van der Waals surface area contributed by atoms with Crippen molar-refractivity contribution < 1.29 is 19.1 Å². The lowest BCUT2D eigenvalue weighted by Crippen LogP contribution is -2.30. The van der Waals surface area contributed by atoms with Gasteiger partial charge in [-0.1, -0.05) is 18.2 Å². The molecule has 184 valence electrons. The lowest BCUT2D eigenvalue weighted by atomic mass is 10.0. The normalized spacial score (nSPS) is 13.9. The Hall–Kier alpha value is -2.94. The van der Waals surface area contributed by atoms with E-state index < -0.39 is 0 Å². The number of fused-ring (bicyclic) bond motifs is 1. The second-order valence-corrected chi connectivity index (χ2v) is 8.47. The number of aromatic amines is 1. The first-order chi connectivity index (χ1) is 16.4. The van der Waals surface area contributed by atoms with Gasteiger partial charge in [-0.15, -0.1) is 0 Å². The second-order valence-electron chi connectivity index (χ2n) is 8.47. The molecule has 3 rings (SSSR count). The van der Waals surface area contributed by atoms with Gasteiger partial charge in [-0.3, -0.25) is 9.59 Å². The highest BCUT2D eigenvalue weighted by atomic mass is 16.5. The SMILES string of the molecule is CNCCOCCOCCN(C)C(=O)CCc1c(C)[nH]c(/C=C2\C(=O)Nc3ccccc32)c1C. The molecule has 0 fully saturated rings. The van der Waals surface area contributed by atoms with Crippen LogP contribution in [0.15, 0.2) is 24.3 Å². The lowest BCUT2D eigenvalue weighted by Gasteiger charge is -2.17. The molecule has 0 bridgehead atoms. The highest BCUT2D eigenvalue weighted by Gasteiger charge is 2.24. The molecule has 0 radical (unpaired) electrons. The van der Waals surface area contributed by atoms with Crippen LogP contribution in [0.1, 0.15) is 34.5 Å². The number of nitrogens with zero attached hydrogens (tertiary/aromatic N) is 1. The van der Waals surface area contributed by atoms with Gasteiger partial charge in [-0.05, 0) is 50.6 Å². The lowest BCUT2D eigenvalue weighted by molar-refractivity contribution is -0.130. The van der Waals surface area contributed by atoms with E-state index in [1.165, 1.54) is 0 Å². The van der Waals surface area contributed by atoms with E-state index in [1.54, 1.807) is 11.9 Å².